The highest BCUT2D eigenvalue weighted by Gasteiger charge is 2.25. The number of ether oxygens (including phenoxy) is 2. The first-order valence-electron chi connectivity index (χ1n) is 13.6. The predicted molar refractivity (Wildman–Crippen MR) is 161 cm³/mol. The number of benzene rings is 3. The van der Waals surface area contributed by atoms with Gasteiger partial charge in [-0.25, -0.2) is 4.79 Å². The maximum absolute atomic E-state index is 13.2. The van der Waals surface area contributed by atoms with Gasteiger partial charge in [0.05, 0.1) is 37.4 Å². The van der Waals surface area contributed by atoms with Gasteiger partial charge in [0.2, 0.25) is 0 Å². The Labute approximate surface area is 235 Å². The lowest BCUT2D eigenvalue weighted by molar-refractivity contribution is 0.0336. The summed E-state index contributed by atoms with van der Waals surface area (Å²) in [6.45, 7) is 8.78. The summed E-state index contributed by atoms with van der Waals surface area (Å²) >= 11 is 0. The van der Waals surface area contributed by atoms with Crippen LogP contribution in [0.4, 0.5) is 16.2 Å². The van der Waals surface area contributed by atoms with E-state index >= 15 is 0 Å². The molecular formula is C32H37N5O3. The molecule has 1 saturated heterocycles. The number of nitrogens with two attached hydrogens (primary N) is 1. The van der Waals surface area contributed by atoms with Gasteiger partial charge in [0.15, 0.2) is 0 Å². The third-order valence-corrected chi connectivity index (χ3v) is 7.50. The van der Waals surface area contributed by atoms with Crippen molar-refractivity contribution in [3.05, 3.63) is 84.2 Å². The first kappa shape index (κ1) is 27.6. The van der Waals surface area contributed by atoms with Crippen LogP contribution in [0.1, 0.15) is 25.1 Å². The highest BCUT2D eigenvalue weighted by molar-refractivity contribution is 6.10. The number of morpholine rings is 1. The molecule has 0 bridgehead atoms. The Morgan fingerprint density at radius 2 is 1.73 bits per heavy atom. The van der Waals surface area contributed by atoms with Crippen LogP contribution in [0.5, 0.6) is 5.75 Å². The maximum atomic E-state index is 13.2. The number of rotatable bonds is 8. The van der Waals surface area contributed by atoms with Crippen molar-refractivity contribution in [2.45, 2.75) is 25.8 Å². The zero-order chi connectivity index (χ0) is 28.1. The van der Waals surface area contributed by atoms with Gasteiger partial charge >= 0.3 is 6.03 Å². The second-order valence-corrected chi connectivity index (χ2v) is 10.7. The van der Waals surface area contributed by atoms with E-state index < -0.39 is 0 Å². The molecule has 4 N–H and O–H groups in total. The fourth-order valence-corrected chi connectivity index (χ4v) is 5.10. The van der Waals surface area contributed by atoms with Crippen LogP contribution < -0.4 is 21.1 Å². The van der Waals surface area contributed by atoms with Crippen LogP contribution in [0.25, 0.3) is 21.9 Å². The van der Waals surface area contributed by atoms with Crippen LogP contribution in [0, 0.1) is 0 Å². The maximum Gasteiger partial charge on any atom is 0.323 e. The molecule has 0 radical (unpaired) electrons. The molecule has 4 aromatic rings. The number of pyridine rings is 1. The van der Waals surface area contributed by atoms with Gasteiger partial charge in [0, 0.05) is 54.3 Å². The molecule has 5 rings (SSSR count). The number of urea groups is 1. The lowest BCUT2D eigenvalue weighted by atomic mass is 9.84. The number of nitrogens with one attached hydrogen (secondary N) is 2. The van der Waals surface area contributed by atoms with Gasteiger partial charge in [-0.05, 0) is 29.1 Å². The zero-order valence-electron chi connectivity index (χ0n) is 23.4. The highest BCUT2D eigenvalue weighted by atomic mass is 16.5. The first-order valence-corrected chi connectivity index (χ1v) is 13.6. The lowest BCUT2D eigenvalue weighted by Crippen LogP contribution is -2.35. The van der Waals surface area contributed by atoms with Crippen LogP contribution >= 0.6 is 0 Å². The molecule has 0 atom stereocenters. The molecule has 1 aromatic heterocycles. The van der Waals surface area contributed by atoms with Crippen molar-refractivity contribution in [3.8, 4) is 16.9 Å². The number of hydrogen-bond acceptors (Lipinski definition) is 6. The number of hydrogen-bond donors (Lipinski definition) is 3. The predicted octanol–water partition coefficient (Wildman–Crippen LogP) is 5.62. The molecule has 3 aromatic carbocycles. The quantitative estimate of drug-likeness (QED) is 0.269. The van der Waals surface area contributed by atoms with Crippen molar-refractivity contribution in [1.82, 2.24) is 9.88 Å². The zero-order valence-corrected chi connectivity index (χ0v) is 23.4. The normalized spacial score (nSPS) is 14.2. The van der Waals surface area contributed by atoms with Crippen molar-refractivity contribution in [3.63, 3.8) is 0 Å². The van der Waals surface area contributed by atoms with Crippen LogP contribution in [-0.2, 0) is 16.7 Å². The Bertz CT molecular complexity index is 1480. The Kier molecular flexibility index (Phi) is 8.30. The van der Waals surface area contributed by atoms with Gasteiger partial charge in [-0.15, -0.1) is 0 Å². The van der Waals surface area contributed by atoms with Crippen LogP contribution in [0.2, 0.25) is 0 Å². The fourth-order valence-electron chi connectivity index (χ4n) is 5.10. The average molecular weight is 540 g/mol. The fraction of sp³-hybridized carbons (Fsp3) is 0.312. The Hall–Kier alpha value is -3.98. The molecule has 0 aliphatic carbocycles. The molecule has 1 aliphatic rings. The van der Waals surface area contributed by atoms with E-state index in [0.717, 1.165) is 66.0 Å². The van der Waals surface area contributed by atoms with Gasteiger partial charge in [-0.1, -0.05) is 62.4 Å². The third kappa shape index (κ3) is 5.94. The molecule has 8 heteroatoms. The number of para-hydroxylation sites is 1. The summed E-state index contributed by atoms with van der Waals surface area (Å²) in [6, 6.07) is 21.6. The second-order valence-electron chi connectivity index (χ2n) is 10.7. The van der Waals surface area contributed by atoms with E-state index in [-0.39, 0.29) is 11.4 Å². The molecule has 40 heavy (non-hydrogen) atoms. The van der Waals surface area contributed by atoms with Gasteiger partial charge in [0.25, 0.3) is 0 Å². The molecule has 0 unspecified atom stereocenters. The van der Waals surface area contributed by atoms with Crippen molar-refractivity contribution in [2.75, 3.05) is 50.6 Å². The number of amides is 2. The van der Waals surface area contributed by atoms with Gasteiger partial charge < -0.3 is 25.8 Å². The minimum atomic E-state index is -0.354. The van der Waals surface area contributed by atoms with E-state index in [4.69, 9.17) is 20.2 Å². The molecule has 2 amide bonds. The number of carbonyl (C=O) groups excluding carboxylic acids is 1. The summed E-state index contributed by atoms with van der Waals surface area (Å²) < 4.78 is 11.1. The van der Waals surface area contributed by atoms with Crippen LogP contribution in [0.15, 0.2) is 72.9 Å². The standard InChI is InChI=1S/C32H37N5O3/c1-32(2,21-33)27-9-6-10-29(30(27)39-3)36-31(38)35-28-14-13-24(25-7-4-5-8-26(25)28)22-11-12-23(34-19-22)20-37-15-17-40-18-16-37/h4-14,19H,15-18,20-21,33H2,1-3H3,(H2,35,36,38). The average Bonchev–Trinajstić information content (AvgIpc) is 2.98. The molecule has 208 valence electrons. The van der Waals surface area contributed by atoms with Crippen LogP contribution in [0.3, 0.4) is 0 Å². The summed E-state index contributed by atoms with van der Waals surface area (Å²) in [6.07, 6.45) is 1.93. The molecule has 2 heterocycles. The Balaban J connectivity index is 1.36. The minimum Gasteiger partial charge on any atom is -0.494 e. The number of fused-ring (bicyclic) bond motifs is 1. The second kappa shape index (κ2) is 12.0. The van der Waals surface area contributed by atoms with Gasteiger partial charge in [-0.2, -0.15) is 0 Å². The van der Waals surface area contributed by atoms with Crippen LogP contribution in [-0.4, -0.2) is 55.9 Å². The Morgan fingerprint density at radius 1 is 0.975 bits per heavy atom. The van der Waals surface area contributed by atoms with Gasteiger partial charge in [-0.3, -0.25) is 9.88 Å². The van der Waals surface area contributed by atoms with E-state index in [9.17, 15) is 4.79 Å². The number of carbonyl (C=O) groups is 1. The molecule has 1 aliphatic heterocycles. The van der Waals surface area contributed by atoms with Gasteiger partial charge in [0.1, 0.15) is 5.75 Å². The summed E-state index contributed by atoms with van der Waals surface area (Å²) in [5.41, 5.74) is 11.1. The van der Waals surface area contributed by atoms with E-state index in [1.807, 2.05) is 54.7 Å². The highest BCUT2D eigenvalue weighted by Crippen LogP contribution is 2.37. The Morgan fingerprint density at radius 3 is 2.42 bits per heavy atom. The molecule has 0 saturated carbocycles. The molecule has 8 nitrogen and oxygen atoms in total. The number of aromatic nitrogens is 1. The lowest BCUT2D eigenvalue weighted by Gasteiger charge is -2.26. The topological polar surface area (TPSA) is 102 Å². The smallest absolute Gasteiger partial charge is 0.323 e. The van der Waals surface area contributed by atoms with Crippen molar-refractivity contribution in [2.24, 2.45) is 5.73 Å². The molecule has 1 fully saturated rings. The summed E-state index contributed by atoms with van der Waals surface area (Å²) in [5, 5.41) is 7.96. The largest absolute Gasteiger partial charge is 0.494 e. The minimum absolute atomic E-state index is 0.304. The summed E-state index contributed by atoms with van der Waals surface area (Å²) in [4.78, 5) is 20.3. The molecule has 0 spiro atoms. The van der Waals surface area contributed by atoms with E-state index in [1.54, 1.807) is 7.11 Å². The van der Waals surface area contributed by atoms with Crippen molar-refractivity contribution < 1.29 is 14.3 Å². The van der Waals surface area contributed by atoms with Crippen molar-refractivity contribution in [1.29, 1.82) is 0 Å². The first-order chi connectivity index (χ1) is 19.4. The number of anilines is 2. The summed E-state index contributed by atoms with van der Waals surface area (Å²) in [7, 11) is 1.60. The third-order valence-electron chi connectivity index (χ3n) is 7.50. The van der Waals surface area contributed by atoms with Crippen molar-refractivity contribution >= 4 is 28.2 Å². The van der Waals surface area contributed by atoms with E-state index in [1.165, 1.54) is 0 Å². The van der Waals surface area contributed by atoms with E-state index in [0.29, 0.717) is 23.7 Å². The van der Waals surface area contributed by atoms with E-state index in [2.05, 4.69) is 47.6 Å². The number of methoxy groups -OCH3 is 1. The SMILES string of the molecule is COc1c(NC(=O)Nc2ccc(-c3ccc(CN4CCOCC4)nc3)c3ccccc23)cccc1C(C)(C)CN. The summed E-state index contributed by atoms with van der Waals surface area (Å²) in [5.74, 6) is 0.609. The molecular weight excluding hydrogens is 502 g/mol. The number of nitrogens with zero attached hydrogens (tertiary/aromatic N) is 2. The monoisotopic (exact) mass is 539 g/mol.